The lowest BCUT2D eigenvalue weighted by Crippen LogP contribution is -2.29. The molecule has 4 rings (SSSR count). The molecule has 30 heavy (non-hydrogen) atoms. The molecule has 1 amide bonds. The van der Waals surface area contributed by atoms with Crippen LogP contribution < -0.4 is 5.32 Å². The maximum atomic E-state index is 13.0. The van der Waals surface area contributed by atoms with Crippen molar-refractivity contribution in [3.8, 4) is 0 Å². The third-order valence-electron chi connectivity index (χ3n) is 5.64. The molecule has 1 atom stereocenters. The van der Waals surface area contributed by atoms with Gasteiger partial charge in [-0.05, 0) is 62.6 Å². The SMILES string of the molecule is Cc1ccc(C(=O)NC(C)c2nc3ccccc3n2Cc2ccccc2C)c(C)c1. The summed E-state index contributed by atoms with van der Waals surface area (Å²) in [5.41, 5.74) is 7.33. The van der Waals surface area contributed by atoms with E-state index in [2.05, 4.69) is 47.1 Å². The Bertz CT molecular complexity index is 1220. The molecule has 0 aliphatic heterocycles. The summed E-state index contributed by atoms with van der Waals surface area (Å²) in [5, 5.41) is 3.15. The van der Waals surface area contributed by atoms with E-state index in [0.29, 0.717) is 12.1 Å². The number of aryl methyl sites for hydroxylation is 3. The van der Waals surface area contributed by atoms with Crippen LogP contribution in [0.15, 0.2) is 66.7 Å². The number of benzene rings is 3. The molecule has 0 radical (unpaired) electrons. The third-order valence-corrected chi connectivity index (χ3v) is 5.64. The Kier molecular flexibility index (Phi) is 5.40. The van der Waals surface area contributed by atoms with Crippen LogP contribution in [0.4, 0.5) is 0 Å². The number of hydrogen-bond acceptors (Lipinski definition) is 2. The summed E-state index contributed by atoms with van der Waals surface area (Å²) in [7, 11) is 0. The minimum absolute atomic E-state index is 0.0745. The molecule has 0 saturated heterocycles. The summed E-state index contributed by atoms with van der Waals surface area (Å²) >= 11 is 0. The topological polar surface area (TPSA) is 46.9 Å². The first-order valence-corrected chi connectivity index (χ1v) is 10.3. The number of carbonyl (C=O) groups is 1. The molecule has 0 spiro atoms. The predicted molar refractivity (Wildman–Crippen MR) is 122 cm³/mol. The number of imidazole rings is 1. The van der Waals surface area contributed by atoms with Crippen molar-refractivity contribution in [2.45, 2.75) is 40.3 Å². The Morgan fingerprint density at radius 1 is 0.967 bits per heavy atom. The molecular weight excluding hydrogens is 370 g/mol. The van der Waals surface area contributed by atoms with E-state index < -0.39 is 0 Å². The number of carbonyl (C=O) groups excluding carboxylic acids is 1. The van der Waals surface area contributed by atoms with Gasteiger partial charge in [0.2, 0.25) is 0 Å². The van der Waals surface area contributed by atoms with Crippen LogP contribution in [0, 0.1) is 20.8 Å². The van der Waals surface area contributed by atoms with E-state index in [4.69, 9.17) is 4.98 Å². The molecule has 4 nitrogen and oxygen atoms in total. The first-order chi connectivity index (χ1) is 14.4. The quantitative estimate of drug-likeness (QED) is 0.483. The highest BCUT2D eigenvalue weighted by atomic mass is 16.1. The van der Waals surface area contributed by atoms with Crippen molar-refractivity contribution in [3.63, 3.8) is 0 Å². The van der Waals surface area contributed by atoms with Gasteiger partial charge in [0.1, 0.15) is 5.82 Å². The van der Waals surface area contributed by atoms with Crippen molar-refractivity contribution in [2.24, 2.45) is 0 Å². The van der Waals surface area contributed by atoms with Crippen molar-refractivity contribution in [3.05, 3.63) is 100 Å². The summed E-state index contributed by atoms with van der Waals surface area (Å²) in [6, 6.07) is 22.2. The summed E-state index contributed by atoms with van der Waals surface area (Å²) in [5.74, 6) is 0.784. The maximum absolute atomic E-state index is 13.0. The first kappa shape index (κ1) is 19.9. The monoisotopic (exact) mass is 397 g/mol. The largest absolute Gasteiger partial charge is 0.342 e. The van der Waals surface area contributed by atoms with Gasteiger partial charge in [0.05, 0.1) is 17.1 Å². The number of nitrogens with one attached hydrogen (secondary N) is 1. The summed E-state index contributed by atoms with van der Waals surface area (Å²) in [6.07, 6.45) is 0. The van der Waals surface area contributed by atoms with E-state index in [0.717, 1.165) is 28.0 Å². The molecule has 1 aromatic heterocycles. The molecule has 0 bridgehead atoms. The van der Waals surface area contributed by atoms with Crippen LogP contribution in [0.1, 0.15) is 51.4 Å². The maximum Gasteiger partial charge on any atom is 0.252 e. The second-order valence-electron chi connectivity index (χ2n) is 7.98. The van der Waals surface area contributed by atoms with E-state index in [9.17, 15) is 4.79 Å². The summed E-state index contributed by atoms with van der Waals surface area (Å²) in [6.45, 7) is 8.84. The van der Waals surface area contributed by atoms with Crippen LogP contribution in [-0.4, -0.2) is 15.5 Å². The molecule has 0 aliphatic rings. The minimum Gasteiger partial charge on any atom is -0.342 e. The van der Waals surface area contributed by atoms with Crippen LogP contribution >= 0.6 is 0 Å². The highest BCUT2D eigenvalue weighted by Crippen LogP contribution is 2.24. The number of fused-ring (bicyclic) bond motifs is 1. The fourth-order valence-electron chi connectivity index (χ4n) is 3.96. The van der Waals surface area contributed by atoms with E-state index in [1.807, 2.05) is 57.2 Å². The lowest BCUT2D eigenvalue weighted by Gasteiger charge is -2.18. The number of hydrogen-bond donors (Lipinski definition) is 1. The van der Waals surface area contributed by atoms with Crippen molar-refractivity contribution in [1.82, 2.24) is 14.9 Å². The third kappa shape index (κ3) is 3.86. The first-order valence-electron chi connectivity index (χ1n) is 10.3. The zero-order valence-electron chi connectivity index (χ0n) is 17.9. The number of rotatable bonds is 5. The highest BCUT2D eigenvalue weighted by Gasteiger charge is 2.20. The van der Waals surface area contributed by atoms with Gasteiger partial charge < -0.3 is 9.88 Å². The van der Waals surface area contributed by atoms with Crippen LogP contribution in [0.5, 0.6) is 0 Å². The average Bonchev–Trinajstić information content (AvgIpc) is 3.08. The highest BCUT2D eigenvalue weighted by molar-refractivity contribution is 5.96. The van der Waals surface area contributed by atoms with Crippen molar-refractivity contribution < 1.29 is 4.79 Å². The molecule has 152 valence electrons. The smallest absolute Gasteiger partial charge is 0.252 e. The Hall–Kier alpha value is -3.40. The predicted octanol–water partition coefficient (Wildman–Crippen LogP) is 5.50. The van der Waals surface area contributed by atoms with E-state index in [1.54, 1.807) is 0 Å². The lowest BCUT2D eigenvalue weighted by atomic mass is 10.0. The fourth-order valence-corrected chi connectivity index (χ4v) is 3.96. The van der Waals surface area contributed by atoms with E-state index in [1.165, 1.54) is 11.1 Å². The average molecular weight is 398 g/mol. The number of nitrogens with zero attached hydrogens (tertiary/aromatic N) is 2. The number of aromatic nitrogens is 2. The van der Waals surface area contributed by atoms with Crippen LogP contribution in [0.25, 0.3) is 11.0 Å². The second kappa shape index (κ2) is 8.15. The van der Waals surface area contributed by atoms with Crippen LogP contribution in [0.2, 0.25) is 0 Å². The van der Waals surface area contributed by atoms with Gasteiger partial charge in [0, 0.05) is 12.1 Å². The van der Waals surface area contributed by atoms with Gasteiger partial charge in [-0.3, -0.25) is 4.79 Å². The number of amides is 1. The minimum atomic E-state index is -0.227. The summed E-state index contributed by atoms with van der Waals surface area (Å²) < 4.78 is 2.21. The van der Waals surface area contributed by atoms with Crippen molar-refractivity contribution >= 4 is 16.9 Å². The molecule has 0 saturated carbocycles. The molecule has 3 aromatic carbocycles. The molecule has 4 heteroatoms. The standard InChI is InChI=1S/C26H27N3O/c1-17-13-14-22(19(3)15-17)26(30)27-20(4)25-28-23-11-7-8-12-24(23)29(25)16-21-10-6-5-9-18(21)2/h5-15,20H,16H2,1-4H3,(H,27,30). The van der Waals surface area contributed by atoms with Gasteiger partial charge in [-0.1, -0.05) is 54.1 Å². The molecule has 4 aromatic rings. The van der Waals surface area contributed by atoms with Crippen LogP contribution in [0.3, 0.4) is 0 Å². The Balaban J connectivity index is 1.69. The molecule has 0 aliphatic carbocycles. The Morgan fingerprint density at radius 2 is 1.70 bits per heavy atom. The van der Waals surface area contributed by atoms with Crippen molar-refractivity contribution in [2.75, 3.05) is 0 Å². The fraction of sp³-hybridized carbons (Fsp3) is 0.231. The zero-order valence-corrected chi connectivity index (χ0v) is 17.9. The van der Waals surface area contributed by atoms with E-state index in [-0.39, 0.29) is 11.9 Å². The van der Waals surface area contributed by atoms with Gasteiger partial charge in [0.15, 0.2) is 0 Å². The van der Waals surface area contributed by atoms with Gasteiger partial charge in [-0.15, -0.1) is 0 Å². The summed E-state index contributed by atoms with van der Waals surface area (Å²) in [4.78, 5) is 17.8. The number of para-hydroxylation sites is 2. The van der Waals surface area contributed by atoms with Gasteiger partial charge in [-0.2, -0.15) is 0 Å². The second-order valence-corrected chi connectivity index (χ2v) is 7.98. The molecule has 1 N–H and O–H groups in total. The molecular formula is C26H27N3O. The molecule has 0 fully saturated rings. The van der Waals surface area contributed by atoms with Gasteiger partial charge in [0.25, 0.3) is 5.91 Å². The van der Waals surface area contributed by atoms with E-state index >= 15 is 0 Å². The van der Waals surface area contributed by atoms with Gasteiger partial charge >= 0.3 is 0 Å². The molecule has 1 unspecified atom stereocenters. The van der Waals surface area contributed by atoms with Gasteiger partial charge in [-0.25, -0.2) is 4.98 Å². The lowest BCUT2D eigenvalue weighted by molar-refractivity contribution is 0.0937. The Morgan fingerprint density at radius 3 is 2.47 bits per heavy atom. The normalized spacial score (nSPS) is 12.1. The van der Waals surface area contributed by atoms with Crippen molar-refractivity contribution in [1.29, 1.82) is 0 Å². The van der Waals surface area contributed by atoms with Crippen LogP contribution in [-0.2, 0) is 6.54 Å². The zero-order chi connectivity index (χ0) is 21.3. The Labute approximate surface area is 177 Å². The molecule has 1 heterocycles.